The third kappa shape index (κ3) is 3.79. The molecule has 0 radical (unpaired) electrons. The fourth-order valence-corrected chi connectivity index (χ4v) is 5.05. The van der Waals surface area contributed by atoms with Gasteiger partial charge in [0, 0.05) is 35.4 Å². The number of amides is 1. The number of rotatable bonds is 5. The molecule has 1 atom stereocenters. The lowest BCUT2D eigenvalue weighted by atomic mass is 10.1. The first kappa shape index (κ1) is 17.6. The van der Waals surface area contributed by atoms with Gasteiger partial charge in [0.05, 0.1) is 6.54 Å². The van der Waals surface area contributed by atoms with Crippen LogP contribution in [0.5, 0.6) is 0 Å². The van der Waals surface area contributed by atoms with Crippen LogP contribution < -0.4 is 10.2 Å². The summed E-state index contributed by atoms with van der Waals surface area (Å²) in [4.78, 5) is 18.7. The molecule has 4 rings (SSSR count). The molecule has 0 bridgehead atoms. The highest BCUT2D eigenvalue weighted by Crippen LogP contribution is 2.34. The summed E-state index contributed by atoms with van der Waals surface area (Å²) in [7, 11) is 0. The average Bonchev–Trinajstić information content (AvgIpc) is 3.38. The molecule has 2 saturated heterocycles. The molecule has 1 aromatic heterocycles. The number of benzene rings is 1. The molecule has 26 heavy (non-hydrogen) atoms. The summed E-state index contributed by atoms with van der Waals surface area (Å²) < 4.78 is 0. The van der Waals surface area contributed by atoms with E-state index < -0.39 is 0 Å². The molecule has 0 spiro atoms. The summed E-state index contributed by atoms with van der Waals surface area (Å²) in [6.07, 6.45) is 4.87. The Balaban J connectivity index is 1.38. The van der Waals surface area contributed by atoms with Gasteiger partial charge in [0.25, 0.3) is 0 Å². The molecule has 3 heterocycles. The van der Waals surface area contributed by atoms with E-state index in [1.54, 1.807) is 11.3 Å². The second-order valence-electron chi connectivity index (χ2n) is 7.39. The third-order valence-corrected chi connectivity index (χ3v) is 6.51. The van der Waals surface area contributed by atoms with Gasteiger partial charge in [-0.2, -0.15) is 0 Å². The first-order valence-corrected chi connectivity index (χ1v) is 10.5. The maximum Gasteiger partial charge on any atom is 0.238 e. The first-order valence-electron chi connectivity index (χ1n) is 9.63. The molecular weight excluding hydrogens is 342 g/mol. The van der Waals surface area contributed by atoms with Crippen LogP contribution in [0.2, 0.25) is 0 Å². The zero-order valence-electron chi connectivity index (χ0n) is 15.4. The number of nitrogens with one attached hydrogen (secondary N) is 1. The third-order valence-electron chi connectivity index (χ3n) is 5.54. The summed E-state index contributed by atoms with van der Waals surface area (Å²) in [5, 5.41) is 5.25. The van der Waals surface area contributed by atoms with Gasteiger partial charge in [-0.05, 0) is 74.4 Å². The number of hydrogen-bond acceptors (Lipinski definition) is 4. The molecule has 2 aliphatic rings. The largest absolute Gasteiger partial charge is 0.372 e. The van der Waals surface area contributed by atoms with Gasteiger partial charge >= 0.3 is 0 Å². The molecule has 5 heteroatoms. The molecule has 2 aliphatic heterocycles. The van der Waals surface area contributed by atoms with Crippen molar-refractivity contribution >= 4 is 28.6 Å². The van der Waals surface area contributed by atoms with Crippen LogP contribution >= 0.6 is 11.3 Å². The van der Waals surface area contributed by atoms with E-state index in [4.69, 9.17) is 0 Å². The second kappa shape index (κ2) is 7.80. The molecule has 2 aromatic rings. The maximum absolute atomic E-state index is 12.6. The van der Waals surface area contributed by atoms with E-state index in [1.165, 1.54) is 29.8 Å². The van der Waals surface area contributed by atoms with Crippen LogP contribution in [0, 0.1) is 6.92 Å². The van der Waals surface area contributed by atoms with Crippen LogP contribution in [0.4, 0.5) is 11.4 Å². The highest BCUT2D eigenvalue weighted by Gasteiger charge is 2.28. The summed E-state index contributed by atoms with van der Waals surface area (Å²) in [6, 6.07) is 11.1. The van der Waals surface area contributed by atoms with Gasteiger partial charge in [0.2, 0.25) is 5.91 Å². The van der Waals surface area contributed by atoms with Gasteiger partial charge in [0.15, 0.2) is 0 Å². The number of carbonyl (C=O) groups is 1. The number of aryl methyl sites for hydroxylation is 1. The van der Waals surface area contributed by atoms with Crippen molar-refractivity contribution in [2.45, 2.75) is 38.6 Å². The van der Waals surface area contributed by atoms with Gasteiger partial charge in [-0.25, -0.2) is 0 Å². The van der Waals surface area contributed by atoms with E-state index in [2.05, 4.69) is 57.8 Å². The minimum Gasteiger partial charge on any atom is -0.372 e. The maximum atomic E-state index is 12.6. The van der Waals surface area contributed by atoms with Crippen LogP contribution in [-0.4, -0.2) is 37.0 Å². The highest BCUT2D eigenvalue weighted by molar-refractivity contribution is 7.10. The fourth-order valence-electron chi connectivity index (χ4n) is 4.15. The minimum atomic E-state index is 0.0884. The van der Waals surface area contributed by atoms with Crippen molar-refractivity contribution in [3.05, 3.63) is 46.2 Å². The molecule has 1 amide bonds. The lowest BCUT2D eigenvalue weighted by molar-refractivity contribution is -0.117. The monoisotopic (exact) mass is 369 g/mol. The smallest absolute Gasteiger partial charge is 0.238 e. The van der Waals surface area contributed by atoms with Crippen molar-refractivity contribution in [1.82, 2.24) is 4.90 Å². The van der Waals surface area contributed by atoms with E-state index in [-0.39, 0.29) is 5.91 Å². The molecule has 1 unspecified atom stereocenters. The van der Waals surface area contributed by atoms with Gasteiger partial charge in [-0.1, -0.05) is 6.07 Å². The van der Waals surface area contributed by atoms with Crippen LogP contribution in [0.1, 0.15) is 42.2 Å². The summed E-state index contributed by atoms with van der Waals surface area (Å²) in [6.45, 7) is 5.84. The van der Waals surface area contributed by atoms with Gasteiger partial charge in [-0.3, -0.25) is 9.69 Å². The normalized spacial score (nSPS) is 20.7. The Bertz CT molecular complexity index is 753. The van der Waals surface area contributed by atoms with Crippen molar-refractivity contribution in [3.8, 4) is 0 Å². The predicted molar refractivity (Wildman–Crippen MR) is 109 cm³/mol. The van der Waals surface area contributed by atoms with E-state index >= 15 is 0 Å². The van der Waals surface area contributed by atoms with Crippen molar-refractivity contribution in [3.63, 3.8) is 0 Å². The number of likely N-dealkylation sites (tertiary alicyclic amines) is 1. The minimum absolute atomic E-state index is 0.0884. The molecule has 138 valence electrons. The summed E-state index contributed by atoms with van der Waals surface area (Å²) in [5.74, 6) is 0.0884. The molecule has 2 fully saturated rings. The van der Waals surface area contributed by atoms with Crippen molar-refractivity contribution in [2.75, 3.05) is 36.4 Å². The Labute approximate surface area is 159 Å². The Hall–Kier alpha value is -1.85. The standard InChI is InChI=1S/C21H27N3OS/c1-16-14-17(23-10-2-3-11-23)8-9-18(16)22-21(25)15-24-12-4-6-19(24)20-7-5-13-26-20/h5,7-9,13-14,19H,2-4,6,10-12,15H2,1H3,(H,22,25). The van der Waals surface area contributed by atoms with E-state index in [9.17, 15) is 4.79 Å². The molecule has 0 aliphatic carbocycles. The number of carbonyl (C=O) groups excluding carboxylic acids is 1. The zero-order chi connectivity index (χ0) is 17.9. The Morgan fingerprint density at radius 1 is 1.19 bits per heavy atom. The van der Waals surface area contributed by atoms with E-state index in [0.717, 1.165) is 37.3 Å². The summed E-state index contributed by atoms with van der Waals surface area (Å²) in [5.41, 5.74) is 3.35. The Morgan fingerprint density at radius 2 is 2.04 bits per heavy atom. The Morgan fingerprint density at radius 3 is 2.77 bits per heavy atom. The number of nitrogens with zero attached hydrogens (tertiary/aromatic N) is 2. The predicted octanol–water partition coefficient (Wildman–Crippen LogP) is 4.43. The van der Waals surface area contributed by atoms with Crippen LogP contribution in [-0.2, 0) is 4.79 Å². The van der Waals surface area contributed by atoms with Crippen LogP contribution in [0.15, 0.2) is 35.7 Å². The van der Waals surface area contributed by atoms with Gasteiger partial charge in [0.1, 0.15) is 0 Å². The van der Waals surface area contributed by atoms with Crippen LogP contribution in [0.25, 0.3) is 0 Å². The van der Waals surface area contributed by atoms with Crippen LogP contribution in [0.3, 0.4) is 0 Å². The molecule has 0 saturated carbocycles. The Kier molecular flexibility index (Phi) is 5.27. The first-order chi connectivity index (χ1) is 12.7. The molecule has 4 nitrogen and oxygen atoms in total. The molecular formula is C21H27N3OS. The van der Waals surface area contributed by atoms with Gasteiger partial charge < -0.3 is 10.2 Å². The topological polar surface area (TPSA) is 35.6 Å². The SMILES string of the molecule is Cc1cc(N2CCCC2)ccc1NC(=O)CN1CCCC1c1cccs1. The summed E-state index contributed by atoms with van der Waals surface area (Å²) >= 11 is 1.79. The molecule has 1 N–H and O–H groups in total. The zero-order valence-corrected chi connectivity index (χ0v) is 16.2. The quantitative estimate of drug-likeness (QED) is 0.847. The lowest BCUT2D eigenvalue weighted by Gasteiger charge is -2.23. The van der Waals surface area contributed by atoms with Gasteiger partial charge in [-0.15, -0.1) is 11.3 Å². The lowest BCUT2D eigenvalue weighted by Crippen LogP contribution is -2.32. The van der Waals surface area contributed by atoms with E-state index in [0.29, 0.717) is 12.6 Å². The number of hydrogen-bond donors (Lipinski definition) is 1. The van der Waals surface area contributed by atoms with Crippen molar-refractivity contribution in [1.29, 1.82) is 0 Å². The van der Waals surface area contributed by atoms with Crippen molar-refractivity contribution in [2.24, 2.45) is 0 Å². The highest BCUT2D eigenvalue weighted by atomic mass is 32.1. The number of anilines is 2. The fraction of sp³-hybridized carbons (Fsp3) is 0.476. The second-order valence-corrected chi connectivity index (χ2v) is 8.36. The van der Waals surface area contributed by atoms with E-state index in [1.807, 2.05) is 0 Å². The molecule has 1 aromatic carbocycles. The van der Waals surface area contributed by atoms with Crippen molar-refractivity contribution < 1.29 is 4.79 Å². The average molecular weight is 370 g/mol. The number of thiophene rings is 1.